The van der Waals surface area contributed by atoms with Crippen LogP contribution in [0.15, 0.2) is 30.5 Å². The normalized spacial score (nSPS) is 12.6. The Bertz CT molecular complexity index is 677. The fraction of sp³-hybridized carbons (Fsp3) is 0.500. The van der Waals surface area contributed by atoms with E-state index < -0.39 is 5.60 Å². The monoisotopic (exact) mass is 303 g/mol. The van der Waals surface area contributed by atoms with Crippen LogP contribution in [-0.4, -0.2) is 29.0 Å². The summed E-state index contributed by atoms with van der Waals surface area (Å²) in [5, 5.41) is 1.05. The molecule has 0 N–H and O–H groups in total. The Hall–Kier alpha value is -1.81. The lowest BCUT2D eigenvalue weighted by Gasteiger charge is -2.22. The van der Waals surface area contributed by atoms with Gasteiger partial charge < -0.3 is 9.47 Å². The van der Waals surface area contributed by atoms with Crippen molar-refractivity contribution in [2.24, 2.45) is 0 Å². The highest BCUT2D eigenvalue weighted by Gasteiger charge is 2.24. The van der Waals surface area contributed by atoms with E-state index in [0.717, 1.165) is 22.9 Å². The number of hydrogen-bond acceptors (Lipinski definition) is 3. The fourth-order valence-electron chi connectivity index (χ4n) is 2.38. The van der Waals surface area contributed by atoms with E-state index in [1.54, 1.807) is 11.7 Å². The lowest BCUT2D eigenvalue weighted by Crippen LogP contribution is -2.27. The molecule has 2 aromatic rings. The highest BCUT2D eigenvalue weighted by molar-refractivity contribution is 5.92. The van der Waals surface area contributed by atoms with Crippen LogP contribution < -0.4 is 0 Å². The number of hydrogen-bond donors (Lipinski definition) is 0. The van der Waals surface area contributed by atoms with E-state index in [0.29, 0.717) is 0 Å². The van der Waals surface area contributed by atoms with Gasteiger partial charge in [-0.2, -0.15) is 0 Å². The molecule has 0 aliphatic carbocycles. The molecule has 120 valence electrons. The summed E-state index contributed by atoms with van der Waals surface area (Å²) in [5.74, 6) is 0. The Balaban J connectivity index is 2.46. The molecule has 0 bridgehead atoms. The standard InChI is InChI=1S/C18H25NO3/c1-17(2,3)22-16(20)19-12-13(11-18(4,5)21-6)14-9-7-8-10-15(14)19/h7-10,12H,11H2,1-6H3. The number of carbonyl (C=O) groups excluding carboxylic acids is 1. The van der Waals surface area contributed by atoms with E-state index in [4.69, 9.17) is 9.47 Å². The van der Waals surface area contributed by atoms with E-state index in [-0.39, 0.29) is 11.7 Å². The van der Waals surface area contributed by atoms with Crippen molar-refractivity contribution >= 4 is 17.0 Å². The van der Waals surface area contributed by atoms with Crippen molar-refractivity contribution < 1.29 is 14.3 Å². The minimum absolute atomic E-state index is 0.289. The first-order valence-corrected chi connectivity index (χ1v) is 7.50. The van der Waals surface area contributed by atoms with Gasteiger partial charge in [-0.3, -0.25) is 4.57 Å². The van der Waals surface area contributed by atoms with Crippen LogP contribution in [0.4, 0.5) is 4.79 Å². The molecular formula is C18H25NO3. The zero-order chi connectivity index (χ0) is 16.5. The van der Waals surface area contributed by atoms with Crippen LogP contribution in [0.2, 0.25) is 0 Å². The number of benzene rings is 1. The second-order valence-corrected chi connectivity index (χ2v) is 7.16. The molecule has 0 amide bonds. The van der Waals surface area contributed by atoms with Gasteiger partial charge in [0.2, 0.25) is 0 Å². The SMILES string of the molecule is COC(C)(C)Cc1cn(C(=O)OC(C)(C)C)c2ccccc12. The van der Waals surface area contributed by atoms with Gasteiger partial charge >= 0.3 is 6.09 Å². The van der Waals surface area contributed by atoms with Gasteiger partial charge in [0, 0.05) is 25.1 Å². The summed E-state index contributed by atoms with van der Waals surface area (Å²) < 4.78 is 12.6. The number of para-hydroxylation sites is 1. The Morgan fingerprint density at radius 1 is 1.14 bits per heavy atom. The molecular weight excluding hydrogens is 278 g/mol. The zero-order valence-electron chi connectivity index (χ0n) is 14.3. The quantitative estimate of drug-likeness (QED) is 0.844. The average Bonchev–Trinajstić information content (AvgIpc) is 2.76. The number of carbonyl (C=O) groups is 1. The summed E-state index contributed by atoms with van der Waals surface area (Å²) in [6.07, 6.45) is 2.23. The first-order chi connectivity index (χ1) is 10.1. The number of nitrogens with zero attached hydrogens (tertiary/aromatic N) is 1. The molecule has 4 heteroatoms. The molecule has 0 aliphatic rings. The number of methoxy groups -OCH3 is 1. The maximum Gasteiger partial charge on any atom is 0.419 e. The first-order valence-electron chi connectivity index (χ1n) is 7.50. The molecule has 0 fully saturated rings. The second-order valence-electron chi connectivity index (χ2n) is 7.16. The summed E-state index contributed by atoms with van der Waals surface area (Å²) in [5.41, 5.74) is 1.13. The van der Waals surface area contributed by atoms with E-state index in [2.05, 4.69) is 0 Å². The van der Waals surface area contributed by atoms with Crippen molar-refractivity contribution in [1.82, 2.24) is 4.57 Å². The van der Waals surface area contributed by atoms with Gasteiger partial charge in [0.05, 0.1) is 11.1 Å². The van der Waals surface area contributed by atoms with E-state index in [9.17, 15) is 4.79 Å². The number of ether oxygens (including phenoxy) is 2. The minimum atomic E-state index is -0.519. The Kier molecular flexibility index (Phi) is 4.34. The second kappa shape index (κ2) is 5.76. The van der Waals surface area contributed by atoms with Crippen molar-refractivity contribution in [3.05, 3.63) is 36.0 Å². The predicted octanol–water partition coefficient (Wildman–Crippen LogP) is 4.39. The van der Waals surface area contributed by atoms with Crippen molar-refractivity contribution in [2.75, 3.05) is 7.11 Å². The number of aromatic nitrogens is 1. The van der Waals surface area contributed by atoms with Crippen molar-refractivity contribution in [2.45, 2.75) is 52.2 Å². The molecule has 0 saturated heterocycles. The van der Waals surface area contributed by atoms with Crippen LogP contribution >= 0.6 is 0 Å². The Morgan fingerprint density at radius 3 is 2.36 bits per heavy atom. The molecule has 22 heavy (non-hydrogen) atoms. The van der Waals surface area contributed by atoms with Crippen LogP contribution in [0.3, 0.4) is 0 Å². The van der Waals surface area contributed by atoms with Crippen molar-refractivity contribution in [3.63, 3.8) is 0 Å². The van der Waals surface area contributed by atoms with Crippen LogP contribution in [-0.2, 0) is 15.9 Å². The molecule has 0 aliphatic heterocycles. The molecule has 1 aromatic carbocycles. The molecule has 0 spiro atoms. The Morgan fingerprint density at radius 2 is 1.77 bits per heavy atom. The van der Waals surface area contributed by atoms with Gasteiger partial charge in [-0.05, 0) is 46.2 Å². The smallest absolute Gasteiger partial charge is 0.419 e. The van der Waals surface area contributed by atoms with Gasteiger partial charge in [0.15, 0.2) is 0 Å². The zero-order valence-corrected chi connectivity index (χ0v) is 14.3. The van der Waals surface area contributed by atoms with E-state index >= 15 is 0 Å². The maximum absolute atomic E-state index is 12.4. The van der Waals surface area contributed by atoms with Gasteiger partial charge in [-0.1, -0.05) is 18.2 Å². The molecule has 4 nitrogen and oxygen atoms in total. The number of fused-ring (bicyclic) bond motifs is 1. The first kappa shape index (κ1) is 16.6. The van der Waals surface area contributed by atoms with Gasteiger partial charge in [-0.15, -0.1) is 0 Å². The van der Waals surface area contributed by atoms with Crippen molar-refractivity contribution in [1.29, 1.82) is 0 Å². The third-order valence-corrected chi connectivity index (χ3v) is 3.55. The highest BCUT2D eigenvalue weighted by Crippen LogP contribution is 2.27. The fourth-order valence-corrected chi connectivity index (χ4v) is 2.38. The van der Waals surface area contributed by atoms with Crippen molar-refractivity contribution in [3.8, 4) is 0 Å². The largest absolute Gasteiger partial charge is 0.443 e. The van der Waals surface area contributed by atoms with Crippen LogP contribution in [0.25, 0.3) is 10.9 Å². The topological polar surface area (TPSA) is 40.5 Å². The maximum atomic E-state index is 12.4. The average molecular weight is 303 g/mol. The summed E-state index contributed by atoms with van der Waals surface area (Å²) in [7, 11) is 1.70. The Labute approximate surface area is 132 Å². The molecule has 0 unspecified atom stereocenters. The van der Waals surface area contributed by atoms with Gasteiger partial charge in [0.25, 0.3) is 0 Å². The van der Waals surface area contributed by atoms with Crippen LogP contribution in [0.5, 0.6) is 0 Å². The summed E-state index contributed by atoms with van der Waals surface area (Å²) >= 11 is 0. The molecule has 1 aromatic heterocycles. The number of rotatable bonds is 3. The van der Waals surface area contributed by atoms with E-state index in [1.165, 1.54) is 0 Å². The predicted molar refractivity (Wildman–Crippen MR) is 88.4 cm³/mol. The molecule has 0 saturated carbocycles. The van der Waals surface area contributed by atoms with E-state index in [1.807, 2.05) is 65.1 Å². The van der Waals surface area contributed by atoms with Gasteiger partial charge in [0.1, 0.15) is 5.60 Å². The minimum Gasteiger partial charge on any atom is -0.443 e. The summed E-state index contributed by atoms with van der Waals surface area (Å²) in [4.78, 5) is 12.4. The lowest BCUT2D eigenvalue weighted by molar-refractivity contribution is 0.0233. The third-order valence-electron chi connectivity index (χ3n) is 3.55. The molecule has 1 heterocycles. The summed E-state index contributed by atoms with van der Waals surface area (Å²) in [6, 6.07) is 7.86. The third kappa shape index (κ3) is 3.69. The van der Waals surface area contributed by atoms with Crippen LogP contribution in [0.1, 0.15) is 40.2 Å². The molecule has 0 radical (unpaired) electrons. The summed E-state index contributed by atoms with van der Waals surface area (Å²) in [6.45, 7) is 9.67. The molecule has 0 atom stereocenters. The molecule has 2 rings (SSSR count). The lowest BCUT2D eigenvalue weighted by atomic mass is 9.98. The van der Waals surface area contributed by atoms with Crippen LogP contribution in [0, 0.1) is 0 Å². The van der Waals surface area contributed by atoms with Gasteiger partial charge in [-0.25, -0.2) is 4.79 Å². The highest BCUT2D eigenvalue weighted by atomic mass is 16.6.